The maximum absolute atomic E-state index is 12.9. The third-order valence-electron chi connectivity index (χ3n) is 1.94. The van der Waals surface area contributed by atoms with E-state index in [1.807, 2.05) is 0 Å². The van der Waals surface area contributed by atoms with Crippen LogP contribution in [0.15, 0.2) is 0 Å². The van der Waals surface area contributed by atoms with E-state index in [1.54, 1.807) is 6.92 Å². The van der Waals surface area contributed by atoms with Gasteiger partial charge in [0.05, 0.1) is 12.7 Å². The second-order valence-corrected chi connectivity index (χ2v) is 2.79. The second-order valence-electron chi connectivity index (χ2n) is 2.79. The van der Waals surface area contributed by atoms with Crippen molar-refractivity contribution in [2.24, 2.45) is 0 Å². The van der Waals surface area contributed by atoms with Crippen LogP contribution in [0.5, 0.6) is 0 Å². The summed E-state index contributed by atoms with van der Waals surface area (Å²) in [4.78, 5) is 0. The molecule has 2 N–H and O–H groups in total. The molecular formula is C7H13FO3. The van der Waals surface area contributed by atoms with E-state index in [0.29, 0.717) is 6.42 Å². The molecule has 0 radical (unpaired) electrons. The SMILES string of the molecule is CC[C@H](O)[C@H]1OC[C@H](O)[C@H]1F. The van der Waals surface area contributed by atoms with Gasteiger partial charge in [-0.1, -0.05) is 6.92 Å². The van der Waals surface area contributed by atoms with Gasteiger partial charge in [0, 0.05) is 0 Å². The largest absolute Gasteiger partial charge is 0.390 e. The number of rotatable bonds is 2. The first-order chi connectivity index (χ1) is 5.16. The van der Waals surface area contributed by atoms with Crippen LogP contribution >= 0.6 is 0 Å². The van der Waals surface area contributed by atoms with E-state index in [1.165, 1.54) is 0 Å². The van der Waals surface area contributed by atoms with Crippen LogP contribution in [-0.2, 0) is 4.74 Å². The molecule has 0 spiro atoms. The van der Waals surface area contributed by atoms with E-state index in [0.717, 1.165) is 0 Å². The number of ether oxygens (including phenoxy) is 1. The Bertz CT molecular complexity index is 131. The van der Waals surface area contributed by atoms with Crippen molar-refractivity contribution in [3.05, 3.63) is 0 Å². The third kappa shape index (κ3) is 1.69. The van der Waals surface area contributed by atoms with Crippen molar-refractivity contribution in [1.82, 2.24) is 0 Å². The van der Waals surface area contributed by atoms with Gasteiger partial charge >= 0.3 is 0 Å². The summed E-state index contributed by atoms with van der Waals surface area (Å²) in [7, 11) is 0. The highest BCUT2D eigenvalue weighted by Crippen LogP contribution is 2.21. The summed E-state index contributed by atoms with van der Waals surface area (Å²) in [5.74, 6) is 0. The Morgan fingerprint density at radius 1 is 1.73 bits per heavy atom. The highest BCUT2D eigenvalue weighted by Gasteiger charge is 2.39. The van der Waals surface area contributed by atoms with E-state index < -0.39 is 24.5 Å². The molecular weight excluding hydrogens is 151 g/mol. The molecule has 0 aromatic rings. The fraction of sp³-hybridized carbons (Fsp3) is 1.00. The maximum Gasteiger partial charge on any atom is 0.157 e. The zero-order valence-corrected chi connectivity index (χ0v) is 6.40. The molecule has 0 aromatic carbocycles. The molecule has 1 rings (SSSR count). The third-order valence-corrected chi connectivity index (χ3v) is 1.94. The highest BCUT2D eigenvalue weighted by molar-refractivity contribution is 4.87. The number of halogens is 1. The van der Waals surface area contributed by atoms with Crippen LogP contribution in [0.3, 0.4) is 0 Å². The van der Waals surface area contributed by atoms with Crippen molar-refractivity contribution >= 4 is 0 Å². The van der Waals surface area contributed by atoms with Gasteiger partial charge in [-0.05, 0) is 6.42 Å². The van der Waals surface area contributed by atoms with E-state index in [9.17, 15) is 4.39 Å². The lowest BCUT2D eigenvalue weighted by atomic mass is 10.1. The van der Waals surface area contributed by atoms with E-state index in [4.69, 9.17) is 14.9 Å². The smallest absolute Gasteiger partial charge is 0.157 e. The van der Waals surface area contributed by atoms with Gasteiger partial charge in [0.2, 0.25) is 0 Å². The van der Waals surface area contributed by atoms with Gasteiger partial charge in [-0.3, -0.25) is 0 Å². The molecule has 0 unspecified atom stereocenters. The lowest BCUT2D eigenvalue weighted by molar-refractivity contribution is -0.0275. The van der Waals surface area contributed by atoms with Crippen LogP contribution in [0.4, 0.5) is 4.39 Å². The Hall–Kier alpha value is -0.190. The molecule has 66 valence electrons. The molecule has 1 fully saturated rings. The molecule has 0 aliphatic carbocycles. The average Bonchev–Trinajstić information content (AvgIpc) is 2.32. The first-order valence-corrected chi connectivity index (χ1v) is 3.78. The monoisotopic (exact) mass is 164 g/mol. The Morgan fingerprint density at radius 2 is 2.36 bits per heavy atom. The first-order valence-electron chi connectivity index (χ1n) is 3.78. The quantitative estimate of drug-likeness (QED) is 0.597. The Balaban J connectivity index is 2.47. The predicted molar refractivity (Wildman–Crippen MR) is 36.9 cm³/mol. The van der Waals surface area contributed by atoms with Gasteiger partial charge < -0.3 is 14.9 Å². The van der Waals surface area contributed by atoms with Crippen molar-refractivity contribution in [3.63, 3.8) is 0 Å². The minimum absolute atomic E-state index is 0.0110. The molecule has 11 heavy (non-hydrogen) atoms. The zero-order chi connectivity index (χ0) is 8.43. The van der Waals surface area contributed by atoms with E-state index in [2.05, 4.69) is 0 Å². The standard InChI is InChI=1S/C7H13FO3/c1-2-4(9)7-6(8)5(10)3-11-7/h4-7,9-10H,2-3H2,1H3/t4-,5-,6+,7+/m0/s1. The number of aliphatic hydroxyl groups is 2. The molecule has 1 aliphatic heterocycles. The molecule has 1 saturated heterocycles. The Morgan fingerprint density at radius 3 is 2.73 bits per heavy atom. The van der Waals surface area contributed by atoms with Crippen LogP contribution in [0.2, 0.25) is 0 Å². The van der Waals surface area contributed by atoms with Gasteiger partial charge in [-0.2, -0.15) is 0 Å². The number of alkyl halides is 1. The highest BCUT2D eigenvalue weighted by atomic mass is 19.1. The van der Waals surface area contributed by atoms with Crippen molar-refractivity contribution in [2.45, 2.75) is 37.8 Å². The minimum Gasteiger partial charge on any atom is -0.390 e. The summed E-state index contributed by atoms with van der Waals surface area (Å²) >= 11 is 0. The molecule has 0 bridgehead atoms. The predicted octanol–water partition coefficient (Wildman–Crippen LogP) is -0.145. The number of aliphatic hydroxyl groups excluding tert-OH is 2. The molecule has 0 aromatic heterocycles. The fourth-order valence-electron chi connectivity index (χ4n) is 1.17. The van der Waals surface area contributed by atoms with Crippen molar-refractivity contribution in [3.8, 4) is 0 Å². The molecule has 0 amide bonds. The van der Waals surface area contributed by atoms with Crippen molar-refractivity contribution < 1.29 is 19.3 Å². The van der Waals surface area contributed by atoms with Gasteiger partial charge in [0.1, 0.15) is 12.2 Å². The summed E-state index contributed by atoms with van der Waals surface area (Å²) < 4.78 is 17.7. The maximum atomic E-state index is 12.9. The lowest BCUT2D eigenvalue weighted by Gasteiger charge is -2.17. The summed E-state index contributed by atoms with van der Waals surface area (Å²) in [5.41, 5.74) is 0. The molecule has 0 saturated carbocycles. The van der Waals surface area contributed by atoms with Gasteiger partial charge in [0.25, 0.3) is 0 Å². The molecule has 4 atom stereocenters. The van der Waals surface area contributed by atoms with Crippen molar-refractivity contribution in [1.29, 1.82) is 0 Å². The van der Waals surface area contributed by atoms with Crippen molar-refractivity contribution in [2.75, 3.05) is 6.61 Å². The Kier molecular flexibility index (Phi) is 2.81. The number of hydrogen-bond acceptors (Lipinski definition) is 3. The topological polar surface area (TPSA) is 49.7 Å². The molecule has 1 heterocycles. The van der Waals surface area contributed by atoms with Crippen LogP contribution in [0.25, 0.3) is 0 Å². The van der Waals surface area contributed by atoms with Crippen LogP contribution in [0.1, 0.15) is 13.3 Å². The fourth-order valence-corrected chi connectivity index (χ4v) is 1.17. The van der Waals surface area contributed by atoms with Crippen LogP contribution < -0.4 is 0 Å². The average molecular weight is 164 g/mol. The first kappa shape index (κ1) is 8.90. The molecule has 4 heteroatoms. The van der Waals surface area contributed by atoms with E-state index in [-0.39, 0.29) is 6.61 Å². The zero-order valence-electron chi connectivity index (χ0n) is 6.40. The summed E-state index contributed by atoms with van der Waals surface area (Å²) in [6.45, 7) is 1.73. The second kappa shape index (κ2) is 3.47. The molecule has 3 nitrogen and oxygen atoms in total. The molecule has 1 aliphatic rings. The minimum atomic E-state index is -1.44. The normalized spacial score (nSPS) is 40.9. The van der Waals surface area contributed by atoms with Gasteiger partial charge in [-0.25, -0.2) is 4.39 Å². The van der Waals surface area contributed by atoms with Gasteiger partial charge in [-0.15, -0.1) is 0 Å². The van der Waals surface area contributed by atoms with E-state index >= 15 is 0 Å². The summed E-state index contributed by atoms with van der Waals surface area (Å²) in [5, 5.41) is 18.1. The Labute approximate surface area is 64.8 Å². The summed E-state index contributed by atoms with van der Waals surface area (Å²) in [6, 6.07) is 0. The number of hydrogen-bond donors (Lipinski definition) is 2. The van der Waals surface area contributed by atoms with Gasteiger partial charge in [0.15, 0.2) is 6.17 Å². The lowest BCUT2D eigenvalue weighted by Crippen LogP contribution is -2.35. The van der Waals surface area contributed by atoms with Crippen LogP contribution in [0, 0.1) is 0 Å². The van der Waals surface area contributed by atoms with Crippen LogP contribution in [-0.4, -0.2) is 41.3 Å². The summed E-state index contributed by atoms with van der Waals surface area (Å²) in [6.07, 6.45) is -3.71.